The topological polar surface area (TPSA) is 114 Å². The van der Waals surface area contributed by atoms with E-state index < -0.39 is 18.1 Å². The van der Waals surface area contributed by atoms with Gasteiger partial charge in [-0.05, 0) is 43.2 Å². The van der Waals surface area contributed by atoms with E-state index in [1.165, 1.54) is 17.9 Å². The molecule has 0 saturated carbocycles. The second-order valence-electron chi connectivity index (χ2n) is 6.74. The number of aryl methyl sites for hydroxylation is 1. The van der Waals surface area contributed by atoms with Gasteiger partial charge in [-0.15, -0.1) is 0 Å². The van der Waals surface area contributed by atoms with Gasteiger partial charge >= 0.3 is 0 Å². The summed E-state index contributed by atoms with van der Waals surface area (Å²) in [6.45, 7) is 3.70. The molecule has 27 heavy (non-hydrogen) atoms. The predicted octanol–water partition coefficient (Wildman–Crippen LogP) is 2.10. The number of benzene rings is 1. The van der Waals surface area contributed by atoms with Crippen LogP contribution >= 0.6 is 11.6 Å². The van der Waals surface area contributed by atoms with Crippen LogP contribution in [0.15, 0.2) is 30.0 Å². The number of likely N-dealkylation sites (tertiary alicyclic amines) is 1. The lowest BCUT2D eigenvalue weighted by Crippen LogP contribution is -2.45. The van der Waals surface area contributed by atoms with Crippen LogP contribution in [0.3, 0.4) is 0 Å². The Morgan fingerprint density at radius 1 is 1.44 bits per heavy atom. The number of hydrogen-bond acceptors (Lipinski definition) is 5. The van der Waals surface area contributed by atoms with Crippen molar-refractivity contribution < 1.29 is 19.8 Å². The number of carbonyl (C=O) groups is 2. The molecule has 2 atom stereocenters. The number of β-amino-alcohol motifs (C(OH)–C–C–N with tert-alkyl or cyclic N) is 1. The highest BCUT2D eigenvalue weighted by atomic mass is 35.5. The van der Waals surface area contributed by atoms with Crippen LogP contribution in [0.4, 0.5) is 0 Å². The molecule has 1 aromatic carbocycles. The Kier molecular flexibility index (Phi) is 6.98. The molecule has 1 aliphatic rings. The van der Waals surface area contributed by atoms with E-state index in [1.54, 1.807) is 12.1 Å². The summed E-state index contributed by atoms with van der Waals surface area (Å²) < 4.78 is 0. The van der Waals surface area contributed by atoms with E-state index in [0.717, 1.165) is 11.1 Å². The number of rotatable bonds is 6. The lowest BCUT2D eigenvalue weighted by Gasteiger charge is -2.23. The summed E-state index contributed by atoms with van der Waals surface area (Å²) in [6.07, 6.45) is 0.217. The fourth-order valence-electron chi connectivity index (χ4n) is 3.05. The van der Waals surface area contributed by atoms with Gasteiger partial charge in [0.25, 0.3) is 0 Å². The minimum atomic E-state index is -0.797. The van der Waals surface area contributed by atoms with Gasteiger partial charge in [0, 0.05) is 30.2 Å². The smallest absolute Gasteiger partial charge is 0.243 e. The zero-order chi connectivity index (χ0) is 20.1. The lowest BCUT2D eigenvalue weighted by molar-refractivity contribution is -0.138. The molecule has 1 saturated heterocycles. The molecule has 146 valence electrons. The molecule has 1 fully saturated rings. The average Bonchev–Trinajstić information content (AvgIpc) is 2.95. The zero-order valence-electron chi connectivity index (χ0n) is 15.3. The number of hydrogen-bond donors (Lipinski definition) is 4. The maximum atomic E-state index is 12.6. The van der Waals surface area contributed by atoms with Crippen molar-refractivity contribution in [2.75, 3.05) is 6.54 Å². The van der Waals surface area contributed by atoms with Crippen LogP contribution in [0, 0.1) is 12.3 Å². The number of allylic oxidation sites excluding steroid dienone is 1. The minimum absolute atomic E-state index is 0.0355. The van der Waals surface area contributed by atoms with E-state index in [0.29, 0.717) is 5.02 Å². The van der Waals surface area contributed by atoms with Crippen molar-refractivity contribution in [3.8, 4) is 0 Å². The Hall–Kier alpha value is -2.38. The molecule has 8 heteroatoms. The highest BCUT2D eigenvalue weighted by molar-refractivity contribution is 6.30. The molecule has 7 nitrogen and oxygen atoms in total. The molecule has 1 heterocycles. The fraction of sp³-hybridized carbons (Fsp3) is 0.421. The number of nitrogens with one attached hydrogen (secondary N) is 2. The van der Waals surface area contributed by atoms with E-state index in [9.17, 15) is 19.8 Å². The summed E-state index contributed by atoms with van der Waals surface area (Å²) in [4.78, 5) is 26.3. The third kappa shape index (κ3) is 5.80. The molecule has 0 aliphatic carbocycles. The zero-order valence-corrected chi connectivity index (χ0v) is 16.1. The SMILES string of the molecule is CC(=N)/C=C(\O)CC(=O)N1C[C@H](O)C[C@H]1C(=O)NCc1ccc(Cl)cc1C. The Balaban J connectivity index is 2.02. The van der Waals surface area contributed by atoms with Crippen molar-refractivity contribution in [3.63, 3.8) is 0 Å². The van der Waals surface area contributed by atoms with Crippen LogP contribution in [0.1, 0.15) is 30.9 Å². The van der Waals surface area contributed by atoms with Gasteiger partial charge in [0.1, 0.15) is 11.8 Å². The monoisotopic (exact) mass is 393 g/mol. The molecule has 0 radical (unpaired) electrons. The summed E-state index contributed by atoms with van der Waals surface area (Å²) in [5, 5.41) is 30.4. The first-order valence-corrected chi connectivity index (χ1v) is 9.00. The predicted molar refractivity (Wildman–Crippen MR) is 103 cm³/mol. The van der Waals surface area contributed by atoms with Gasteiger partial charge < -0.3 is 25.8 Å². The summed E-state index contributed by atoms with van der Waals surface area (Å²) in [5.41, 5.74) is 1.97. The number of carbonyl (C=O) groups excluding carboxylic acids is 2. The normalized spacial score (nSPS) is 19.9. The maximum absolute atomic E-state index is 12.6. The third-order valence-electron chi connectivity index (χ3n) is 4.38. The maximum Gasteiger partial charge on any atom is 0.243 e. The number of amides is 2. The van der Waals surface area contributed by atoms with Gasteiger partial charge in [-0.3, -0.25) is 9.59 Å². The first kappa shape index (κ1) is 20.9. The summed E-state index contributed by atoms with van der Waals surface area (Å²) >= 11 is 5.93. The number of aliphatic hydroxyl groups is 2. The van der Waals surface area contributed by atoms with Crippen LogP contribution in [-0.2, 0) is 16.1 Å². The van der Waals surface area contributed by atoms with Crippen molar-refractivity contribution >= 4 is 29.1 Å². The second-order valence-corrected chi connectivity index (χ2v) is 7.17. The molecule has 0 bridgehead atoms. The van der Waals surface area contributed by atoms with Gasteiger partial charge in [-0.25, -0.2) is 0 Å². The second kappa shape index (κ2) is 9.01. The van der Waals surface area contributed by atoms with Crippen LogP contribution in [-0.4, -0.2) is 51.3 Å². The molecular formula is C19H24ClN3O4. The molecule has 0 aromatic heterocycles. The van der Waals surface area contributed by atoms with Gasteiger partial charge in [0.15, 0.2) is 0 Å². The van der Waals surface area contributed by atoms with Gasteiger partial charge in [-0.2, -0.15) is 0 Å². The standard InChI is InChI=1S/C19H24ClN3O4/c1-11-5-14(20)4-3-13(11)9-22-19(27)17-7-16(25)10-23(17)18(26)8-15(24)6-12(2)21/h3-6,16-17,21,24-25H,7-10H2,1-2H3,(H,22,27)/b15-6-,21-12?/t16-,17+/m1/s1. The first-order chi connectivity index (χ1) is 12.7. The summed E-state index contributed by atoms with van der Waals surface area (Å²) in [5.74, 6) is -1.07. The molecule has 2 rings (SSSR count). The van der Waals surface area contributed by atoms with Crippen molar-refractivity contribution in [3.05, 3.63) is 46.2 Å². The Morgan fingerprint density at radius 3 is 2.78 bits per heavy atom. The molecular weight excluding hydrogens is 370 g/mol. The van der Waals surface area contributed by atoms with Crippen LogP contribution < -0.4 is 5.32 Å². The summed E-state index contributed by atoms with van der Waals surface area (Å²) in [6, 6.07) is 4.57. The number of aliphatic hydroxyl groups excluding tert-OH is 2. The number of nitrogens with zero attached hydrogens (tertiary/aromatic N) is 1. The molecule has 4 N–H and O–H groups in total. The molecule has 0 unspecified atom stereocenters. The van der Waals surface area contributed by atoms with E-state index >= 15 is 0 Å². The molecule has 0 spiro atoms. The average molecular weight is 394 g/mol. The minimum Gasteiger partial charge on any atom is -0.512 e. The van der Waals surface area contributed by atoms with Crippen molar-refractivity contribution in [1.82, 2.24) is 10.2 Å². The molecule has 1 aromatic rings. The van der Waals surface area contributed by atoms with E-state index in [4.69, 9.17) is 17.0 Å². The van der Waals surface area contributed by atoms with E-state index in [2.05, 4.69) is 5.32 Å². The Labute approximate surface area is 163 Å². The van der Waals surface area contributed by atoms with Gasteiger partial charge in [0.2, 0.25) is 11.8 Å². The van der Waals surface area contributed by atoms with Crippen LogP contribution in [0.25, 0.3) is 0 Å². The van der Waals surface area contributed by atoms with Crippen LogP contribution in [0.2, 0.25) is 5.02 Å². The van der Waals surface area contributed by atoms with Crippen molar-refractivity contribution in [1.29, 1.82) is 5.41 Å². The van der Waals surface area contributed by atoms with Gasteiger partial charge in [-0.1, -0.05) is 17.7 Å². The van der Waals surface area contributed by atoms with E-state index in [1.807, 2.05) is 13.0 Å². The fourth-order valence-corrected chi connectivity index (χ4v) is 3.28. The highest BCUT2D eigenvalue weighted by Crippen LogP contribution is 2.21. The van der Waals surface area contributed by atoms with Gasteiger partial charge in [0.05, 0.1) is 12.5 Å². The van der Waals surface area contributed by atoms with Crippen molar-refractivity contribution in [2.24, 2.45) is 0 Å². The molecule has 1 aliphatic heterocycles. The highest BCUT2D eigenvalue weighted by Gasteiger charge is 2.38. The van der Waals surface area contributed by atoms with Crippen molar-refractivity contribution in [2.45, 2.75) is 45.4 Å². The summed E-state index contributed by atoms with van der Waals surface area (Å²) in [7, 11) is 0. The Morgan fingerprint density at radius 2 is 2.15 bits per heavy atom. The third-order valence-corrected chi connectivity index (χ3v) is 4.61. The molecule has 2 amide bonds. The quantitative estimate of drug-likeness (QED) is 0.437. The van der Waals surface area contributed by atoms with E-state index in [-0.39, 0.29) is 43.3 Å². The largest absolute Gasteiger partial charge is 0.512 e. The van der Waals surface area contributed by atoms with Crippen LogP contribution in [0.5, 0.6) is 0 Å². The number of halogens is 1. The lowest BCUT2D eigenvalue weighted by atomic mass is 10.1. The Bertz CT molecular complexity index is 778. The first-order valence-electron chi connectivity index (χ1n) is 8.62.